The van der Waals surface area contributed by atoms with E-state index in [4.69, 9.17) is 5.73 Å². The Balaban J connectivity index is 4.12. The average molecular weight is 228 g/mol. The van der Waals surface area contributed by atoms with Crippen LogP contribution < -0.4 is 11.1 Å². The van der Waals surface area contributed by atoms with Gasteiger partial charge < -0.3 is 11.1 Å². The van der Waals surface area contributed by atoms with Crippen LogP contribution in [0.4, 0.5) is 0 Å². The molecule has 0 aromatic carbocycles. The van der Waals surface area contributed by atoms with Crippen LogP contribution in [-0.2, 0) is 4.79 Å². The van der Waals surface area contributed by atoms with E-state index in [1.807, 2.05) is 0 Å². The summed E-state index contributed by atoms with van der Waals surface area (Å²) in [7, 11) is 0. The molecule has 0 radical (unpaired) electrons. The molecule has 16 heavy (non-hydrogen) atoms. The molecule has 0 aliphatic heterocycles. The summed E-state index contributed by atoms with van der Waals surface area (Å²) in [6.45, 7) is 10.5. The predicted octanol–water partition coefficient (Wildman–Crippen LogP) is 2.30. The molecule has 3 heteroatoms. The zero-order valence-corrected chi connectivity index (χ0v) is 11.4. The van der Waals surface area contributed by atoms with E-state index in [0.717, 1.165) is 19.3 Å². The largest absolute Gasteiger partial charge is 0.352 e. The van der Waals surface area contributed by atoms with Gasteiger partial charge in [-0.3, -0.25) is 4.79 Å². The molecule has 0 heterocycles. The molecule has 0 saturated heterocycles. The van der Waals surface area contributed by atoms with Crippen LogP contribution in [0, 0.1) is 11.8 Å². The van der Waals surface area contributed by atoms with Gasteiger partial charge >= 0.3 is 0 Å². The summed E-state index contributed by atoms with van der Waals surface area (Å²) in [6, 6.07) is -0.141. The highest BCUT2D eigenvalue weighted by atomic mass is 16.2. The lowest BCUT2D eigenvalue weighted by Crippen LogP contribution is -2.47. The third-order valence-electron chi connectivity index (χ3n) is 3.19. The lowest BCUT2D eigenvalue weighted by Gasteiger charge is -2.24. The van der Waals surface area contributed by atoms with Crippen molar-refractivity contribution in [2.45, 2.75) is 66.0 Å². The van der Waals surface area contributed by atoms with Crippen molar-refractivity contribution < 1.29 is 4.79 Å². The molecule has 0 aliphatic rings. The van der Waals surface area contributed by atoms with Gasteiger partial charge in [-0.25, -0.2) is 0 Å². The molecule has 0 aromatic heterocycles. The summed E-state index contributed by atoms with van der Waals surface area (Å²) in [6.07, 6.45) is 2.94. The molecule has 0 spiro atoms. The van der Waals surface area contributed by atoms with E-state index in [9.17, 15) is 4.79 Å². The van der Waals surface area contributed by atoms with Crippen molar-refractivity contribution in [1.29, 1.82) is 0 Å². The number of rotatable bonds is 7. The smallest absolute Gasteiger partial charge is 0.237 e. The fourth-order valence-corrected chi connectivity index (χ4v) is 2.06. The van der Waals surface area contributed by atoms with Crippen LogP contribution >= 0.6 is 0 Å². The monoisotopic (exact) mass is 228 g/mol. The lowest BCUT2D eigenvalue weighted by atomic mass is 9.95. The maximum absolute atomic E-state index is 11.8. The van der Waals surface area contributed by atoms with Crippen LogP contribution in [0.25, 0.3) is 0 Å². The SMILES string of the molecule is CCC(CC)C(C)NC(=O)[C@@H](N)CC(C)C. The number of nitrogens with two attached hydrogens (primary N) is 1. The van der Waals surface area contributed by atoms with Crippen molar-refractivity contribution in [3.8, 4) is 0 Å². The van der Waals surface area contributed by atoms with Crippen molar-refractivity contribution in [3.05, 3.63) is 0 Å². The normalized spacial score (nSPS) is 15.2. The maximum atomic E-state index is 11.8. The van der Waals surface area contributed by atoms with Crippen molar-refractivity contribution in [2.75, 3.05) is 0 Å². The van der Waals surface area contributed by atoms with Gasteiger partial charge in [-0.05, 0) is 25.2 Å². The topological polar surface area (TPSA) is 55.1 Å². The van der Waals surface area contributed by atoms with Gasteiger partial charge in [0, 0.05) is 6.04 Å². The Morgan fingerprint density at radius 1 is 1.19 bits per heavy atom. The second kappa shape index (κ2) is 7.66. The van der Waals surface area contributed by atoms with Crippen molar-refractivity contribution >= 4 is 5.91 Å². The summed E-state index contributed by atoms with van der Waals surface area (Å²) >= 11 is 0. The van der Waals surface area contributed by atoms with Gasteiger partial charge in [0.25, 0.3) is 0 Å². The van der Waals surface area contributed by atoms with E-state index >= 15 is 0 Å². The van der Waals surface area contributed by atoms with E-state index in [1.165, 1.54) is 0 Å². The van der Waals surface area contributed by atoms with Crippen molar-refractivity contribution in [3.63, 3.8) is 0 Å². The number of hydrogen-bond acceptors (Lipinski definition) is 2. The minimum Gasteiger partial charge on any atom is -0.352 e. The first kappa shape index (κ1) is 15.4. The van der Waals surface area contributed by atoms with Gasteiger partial charge in [-0.15, -0.1) is 0 Å². The number of carbonyl (C=O) groups is 1. The van der Waals surface area contributed by atoms with Gasteiger partial charge in [0.2, 0.25) is 5.91 Å². The van der Waals surface area contributed by atoms with Gasteiger partial charge in [-0.2, -0.15) is 0 Å². The van der Waals surface area contributed by atoms with Crippen LogP contribution in [0.1, 0.15) is 53.9 Å². The van der Waals surface area contributed by atoms with Gasteiger partial charge in [0.05, 0.1) is 6.04 Å². The van der Waals surface area contributed by atoms with Gasteiger partial charge in [0.1, 0.15) is 0 Å². The van der Waals surface area contributed by atoms with Crippen LogP contribution in [0.2, 0.25) is 0 Å². The van der Waals surface area contributed by atoms with Crippen LogP contribution in [0.3, 0.4) is 0 Å². The number of amides is 1. The van der Waals surface area contributed by atoms with E-state index in [0.29, 0.717) is 11.8 Å². The average Bonchev–Trinajstić information content (AvgIpc) is 2.18. The second-order valence-corrected chi connectivity index (χ2v) is 5.11. The molecule has 3 N–H and O–H groups in total. The van der Waals surface area contributed by atoms with Gasteiger partial charge in [0.15, 0.2) is 0 Å². The van der Waals surface area contributed by atoms with Crippen LogP contribution in [0.5, 0.6) is 0 Å². The Hall–Kier alpha value is -0.570. The lowest BCUT2D eigenvalue weighted by molar-refractivity contribution is -0.123. The first-order valence-electron chi connectivity index (χ1n) is 6.48. The number of nitrogens with one attached hydrogen (secondary N) is 1. The standard InChI is InChI=1S/C13H28N2O/c1-6-11(7-2)10(5)15-13(16)12(14)8-9(3)4/h9-12H,6-8,14H2,1-5H3,(H,15,16)/t10?,12-/m0/s1. The van der Waals surface area contributed by atoms with E-state index in [1.54, 1.807) is 0 Å². The summed E-state index contributed by atoms with van der Waals surface area (Å²) in [4.78, 5) is 11.8. The quantitative estimate of drug-likeness (QED) is 0.702. The predicted molar refractivity (Wildman–Crippen MR) is 69.1 cm³/mol. The zero-order chi connectivity index (χ0) is 12.7. The molecular formula is C13H28N2O. The Morgan fingerprint density at radius 2 is 1.69 bits per heavy atom. The zero-order valence-electron chi connectivity index (χ0n) is 11.4. The molecule has 1 amide bonds. The Labute approximate surface area is 100 Å². The minimum atomic E-state index is -0.364. The third-order valence-corrected chi connectivity index (χ3v) is 3.19. The highest BCUT2D eigenvalue weighted by molar-refractivity contribution is 5.81. The maximum Gasteiger partial charge on any atom is 0.237 e. The molecule has 2 atom stereocenters. The molecule has 0 bridgehead atoms. The highest BCUT2D eigenvalue weighted by Crippen LogP contribution is 2.13. The molecular weight excluding hydrogens is 200 g/mol. The molecule has 96 valence electrons. The summed E-state index contributed by atoms with van der Waals surface area (Å²) < 4.78 is 0. The number of hydrogen-bond donors (Lipinski definition) is 2. The Bertz CT molecular complexity index is 200. The molecule has 0 saturated carbocycles. The Kier molecular flexibility index (Phi) is 7.39. The highest BCUT2D eigenvalue weighted by Gasteiger charge is 2.20. The van der Waals surface area contributed by atoms with Crippen LogP contribution in [0.15, 0.2) is 0 Å². The first-order valence-corrected chi connectivity index (χ1v) is 6.48. The molecule has 0 fully saturated rings. The van der Waals surface area contributed by atoms with E-state index in [2.05, 4.69) is 39.9 Å². The molecule has 3 nitrogen and oxygen atoms in total. The molecule has 0 rings (SSSR count). The van der Waals surface area contributed by atoms with E-state index < -0.39 is 0 Å². The van der Waals surface area contributed by atoms with Crippen LogP contribution in [-0.4, -0.2) is 18.0 Å². The summed E-state index contributed by atoms with van der Waals surface area (Å²) in [5, 5.41) is 3.02. The fraction of sp³-hybridized carbons (Fsp3) is 0.923. The van der Waals surface area contributed by atoms with Crippen molar-refractivity contribution in [1.82, 2.24) is 5.32 Å². The fourth-order valence-electron chi connectivity index (χ4n) is 2.06. The van der Waals surface area contributed by atoms with E-state index in [-0.39, 0.29) is 18.0 Å². The summed E-state index contributed by atoms with van der Waals surface area (Å²) in [5.74, 6) is 1.01. The number of carbonyl (C=O) groups excluding carboxylic acids is 1. The Morgan fingerprint density at radius 3 is 2.06 bits per heavy atom. The summed E-state index contributed by atoms with van der Waals surface area (Å²) in [5.41, 5.74) is 5.84. The third kappa shape index (κ3) is 5.50. The van der Waals surface area contributed by atoms with Crippen molar-refractivity contribution in [2.24, 2.45) is 17.6 Å². The first-order chi connectivity index (χ1) is 7.42. The minimum absolute atomic E-state index is 0.00639. The van der Waals surface area contributed by atoms with Gasteiger partial charge in [-0.1, -0.05) is 40.5 Å². The second-order valence-electron chi connectivity index (χ2n) is 5.11. The molecule has 0 aromatic rings. The molecule has 0 aliphatic carbocycles. The molecule has 1 unspecified atom stereocenters.